The molecule has 2 aliphatic rings. The van der Waals surface area contributed by atoms with Crippen LogP contribution in [0.25, 0.3) is 58.0 Å². The average Bonchev–Trinajstić information content (AvgIpc) is 3.62. The summed E-state index contributed by atoms with van der Waals surface area (Å²) in [6.07, 6.45) is 1.93. The SMILES string of the molecule is CCC1=C(c2nc3ccccc3nc2C2c3cc4ccccc4cc3-c3cc4c(cc32)sc2ccccc24)Sc2ccccc2C1. The molecule has 0 radical (unpaired) electrons. The molecule has 0 saturated carbocycles. The van der Waals surface area contributed by atoms with Crippen molar-refractivity contribution >= 4 is 70.0 Å². The first-order chi connectivity index (χ1) is 22.7. The van der Waals surface area contributed by atoms with Gasteiger partial charge in [-0.3, -0.25) is 0 Å². The Morgan fingerprint density at radius 3 is 2.22 bits per heavy atom. The van der Waals surface area contributed by atoms with Gasteiger partial charge in [-0.1, -0.05) is 91.5 Å². The summed E-state index contributed by atoms with van der Waals surface area (Å²) in [6.45, 7) is 2.28. The fraction of sp³-hybridized carbons (Fsp3) is 0.0952. The predicted molar refractivity (Wildman–Crippen MR) is 196 cm³/mol. The second-order valence-corrected chi connectivity index (χ2v) is 14.5. The Hall–Kier alpha value is -4.77. The maximum Gasteiger partial charge on any atom is 0.100 e. The van der Waals surface area contributed by atoms with Crippen molar-refractivity contribution in [2.24, 2.45) is 0 Å². The van der Waals surface area contributed by atoms with Gasteiger partial charge in [-0.25, -0.2) is 9.97 Å². The summed E-state index contributed by atoms with van der Waals surface area (Å²) < 4.78 is 2.66. The van der Waals surface area contributed by atoms with Crippen LogP contribution in [0.5, 0.6) is 0 Å². The van der Waals surface area contributed by atoms with E-state index in [-0.39, 0.29) is 5.92 Å². The largest absolute Gasteiger partial charge is 0.248 e. The molecule has 3 heterocycles. The second kappa shape index (κ2) is 10.1. The van der Waals surface area contributed by atoms with Crippen LogP contribution < -0.4 is 0 Å². The van der Waals surface area contributed by atoms with Crippen LogP contribution in [0.15, 0.2) is 132 Å². The Bertz CT molecular complexity index is 2590. The molecule has 0 saturated heterocycles. The molecule has 218 valence electrons. The summed E-state index contributed by atoms with van der Waals surface area (Å²) in [6, 6.07) is 44.5. The van der Waals surface area contributed by atoms with Crippen molar-refractivity contribution in [2.75, 3.05) is 0 Å². The lowest BCUT2D eigenvalue weighted by atomic mass is 9.89. The predicted octanol–water partition coefficient (Wildman–Crippen LogP) is 11.8. The highest BCUT2D eigenvalue weighted by molar-refractivity contribution is 8.08. The molecule has 1 unspecified atom stereocenters. The molecule has 2 aromatic heterocycles. The number of allylic oxidation sites excluding steroid dienone is 1. The van der Waals surface area contributed by atoms with Crippen molar-refractivity contribution in [2.45, 2.75) is 30.6 Å². The number of para-hydroxylation sites is 2. The van der Waals surface area contributed by atoms with Crippen LogP contribution in [0.4, 0.5) is 0 Å². The number of hydrogen-bond donors (Lipinski definition) is 0. The Morgan fingerprint density at radius 2 is 1.35 bits per heavy atom. The van der Waals surface area contributed by atoms with Crippen molar-refractivity contribution < 1.29 is 0 Å². The van der Waals surface area contributed by atoms with Crippen LogP contribution in [-0.2, 0) is 6.42 Å². The Balaban J connectivity index is 1.30. The molecule has 1 atom stereocenters. The molecule has 10 rings (SSSR count). The zero-order valence-electron chi connectivity index (χ0n) is 25.2. The molecule has 6 aromatic carbocycles. The zero-order chi connectivity index (χ0) is 30.4. The number of rotatable bonds is 3. The minimum Gasteiger partial charge on any atom is -0.248 e. The fourth-order valence-corrected chi connectivity index (χ4v) is 9.96. The molecular weight excluding hydrogens is 597 g/mol. The third-order valence-electron chi connectivity index (χ3n) is 9.80. The Labute approximate surface area is 275 Å². The van der Waals surface area contributed by atoms with Crippen LogP contribution in [0, 0.1) is 0 Å². The molecule has 2 nitrogen and oxygen atoms in total. The lowest BCUT2D eigenvalue weighted by molar-refractivity contribution is 0.929. The monoisotopic (exact) mass is 624 g/mol. The second-order valence-electron chi connectivity index (χ2n) is 12.4. The first-order valence-electron chi connectivity index (χ1n) is 16.0. The van der Waals surface area contributed by atoms with Crippen molar-refractivity contribution in [3.8, 4) is 11.1 Å². The zero-order valence-corrected chi connectivity index (χ0v) is 26.9. The average molecular weight is 625 g/mol. The van der Waals surface area contributed by atoms with Gasteiger partial charge in [0.15, 0.2) is 0 Å². The van der Waals surface area contributed by atoms with Gasteiger partial charge in [-0.2, -0.15) is 0 Å². The van der Waals surface area contributed by atoms with E-state index in [9.17, 15) is 0 Å². The standard InChI is InChI=1S/C42H28N2S2/c1-2-24-19-27-13-5-9-17-36(27)46-42(24)41-40(43-34-15-7-8-16-35(34)44-41)39-32-21-26-12-4-3-11-25(26)20-29(32)30-22-31-28-14-6-10-18-37(28)45-38(31)23-33(30)39/h3-18,20-23,39H,2,19H2,1H3. The van der Waals surface area contributed by atoms with E-state index in [1.165, 1.54) is 74.1 Å². The minimum absolute atomic E-state index is 0.0281. The molecular formula is C42H28N2S2. The molecule has 4 heteroatoms. The van der Waals surface area contributed by atoms with E-state index in [0.29, 0.717) is 0 Å². The minimum atomic E-state index is -0.0281. The van der Waals surface area contributed by atoms with Gasteiger partial charge in [-0.05, 0) is 106 Å². The van der Waals surface area contributed by atoms with Crippen LogP contribution in [0.1, 0.15) is 47.3 Å². The van der Waals surface area contributed by atoms with Crippen molar-refractivity contribution in [1.82, 2.24) is 9.97 Å². The molecule has 8 aromatic rings. The maximum absolute atomic E-state index is 5.55. The van der Waals surface area contributed by atoms with Crippen LogP contribution in [0.3, 0.4) is 0 Å². The Kier molecular flexibility index (Phi) is 5.82. The summed E-state index contributed by atoms with van der Waals surface area (Å²) in [5.74, 6) is -0.0281. The van der Waals surface area contributed by atoms with Crippen molar-refractivity contribution in [1.29, 1.82) is 0 Å². The van der Waals surface area contributed by atoms with E-state index in [1.807, 2.05) is 23.1 Å². The molecule has 0 N–H and O–H groups in total. The molecule has 46 heavy (non-hydrogen) atoms. The smallest absolute Gasteiger partial charge is 0.100 e. The molecule has 0 bridgehead atoms. The van der Waals surface area contributed by atoms with E-state index in [1.54, 1.807) is 0 Å². The van der Waals surface area contributed by atoms with Crippen LogP contribution in [0.2, 0.25) is 0 Å². The number of thiophene rings is 1. The highest BCUT2D eigenvalue weighted by atomic mass is 32.2. The molecule has 0 spiro atoms. The van der Waals surface area contributed by atoms with Gasteiger partial charge < -0.3 is 0 Å². The highest BCUT2D eigenvalue weighted by Gasteiger charge is 2.36. The summed E-state index contributed by atoms with van der Waals surface area (Å²) in [5.41, 5.74) is 12.1. The molecule has 1 aliphatic heterocycles. The quantitative estimate of drug-likeness (QED) is 0.196. The van der Waals surface area contributed by atoms with Crippen molar-refractivity contribution in [3.63, 3.8) is 0 Å². The Morgan fingerprint density at radius 1 is 0.652 bits per heavy atom. The number of benzene rings is 6. The topological polar surface area (TPSA) is 25.8 Å². The van der Waals surface area contributed by atoms with E-state index >= 15 is 0 Å². The first-order valence-corrected chi connectivity index (χ1v) is 17.6. The van der Waals surface area contributed by atoms with Gasteiger partial charge in [0.05, 0.1) is 22.6 Å². The van der Waals surface area contributed by atoms with Gasteiger partial charge in [-0.15, -0.1) is 11.3 Å². The fourth-order valence-electron chi connectivity index (χ4n) is 7.58. The molecule has 0 amide bonds. The van der Waals surface area contributed by atoms with Gasteiger partial charge in [0.25, 0.3) is 0 Å². The highest BCUT2D eigenvalue weighted by Crippen LogP contribution is 2.54. The third kappa shape index (κ3) is 3.90. The van der Waals surface area contributed by atoms with E-state index < -0.39 is 0 Å². The van der Waals surface area contributed by atoms with E-state index in [4.69, 9.17) is 9.97 Å². The first kappa shape index (κ1) is 26.4. The van der Waals surface area contributed by atoms with Crippen LogP contribution in [-0.4, -0.2) is 9.97 Å². The molecule has 1 aliphatic carbocycles. The third-order valence-corrected chi connectivity index (χ3v) is 12.2. The summed E-state index contributed by atoms with van der Waals surface area (Å²) in [4.78, 5) is 13.6. The van der Waals surface area contributed by atoms with E-state index in [2.05, 4.69) is 128 Å². The lowest BCUT2D eigenvalue weighted by Crippen LogP contribution is -2.11. The number of hydrogen-bond acceptors (Lipinski definition) is 4. The maximum atomic E-state index is 5.55. The number of aromatic nitrogens is 2. The van der Waals surface area contributed by atoms with Gasteiger partial charge in [0, 0.05) is 30.0 Å². The summed E-state index contributed by atoms with van der Waals surface area (Å²) in [7, 11) is 0. The van der Waals surface area contributed by atoms with Gasteiger partial charge in [0.2, 0.25) is 0 Å². The number of nitrogens with zero attached hydrogens (tertiary/aromatic N) is 2. The summed E-state index contributed by atoms with van der Waals surface area (Å²) in [5, 5.41) is 5.19. The van der Waals surface area contributed by atoms with Crippen molar-refractivity contribution in [3.05, 3.63) is 155 Å². The summed E-state index contributed by atoms with van der Waals surface area (Å²) >= 11 is 3.76. The van der Waals surface area contributed by atoms with Crippen LogP contribution >= 0.6 is 23.1 Å². The normalized spacial score (nSPS) is 15.5. The number of thioether (sulfide) groups is 1. The number of fused-ring (bicyclic) bond motifs is 9. The van der Waals surface area contributed by atoms with Gasteiger partial charge in [0.1, 0.15) is 5.69 Å². The lowest BCUT2D eigenvalue weighted by Gasteiger charge is -2.25. The van der Waals surface area contributed by atoms with Gasteiger partial charge >= 0.3 is 0 Å². The van der Waals surface area contributed by atoms with E-state index in [0.717, 1.165) is 35.3 Å². The molecule has 0 fully saturated rings.